The van der Waals surface area contributed by atoms with Gasteiger partial charge in [0.2, 0.25) is 11.8 Å². The molecule has 0 aromatic heterocycles. The predicted octanol–water partition coefficient (Wildman–Crippen LogP) is 5.11. The average molecular weight is 379 g/mol. The molecule has 0 fully saturated rings. The molecular weight excluding hydrogens is 359 g/mol. The number of carbonyl (C=O) groups is 2. The molecular formula is C19H20Cl2N2O2. The van der Waals surface area contributed by atoms with Crippen LogP contribution in [0.15, 0.2) is 42.5 Å². The van der Waals surface area contributed by atoms with Crippen molar-refractivity contribution in [1.82, 2.24) is 0 Å². The Morgan fingerprint density at radius 1 is 1.04 bits per heavy atom. The van der Waals surface area contributed by atoms with Gasteiger partial charge >= 0.3 is 0 Å². The summed E-state index contributed by atoms with van der Waals surface area (Å²) in [5, 5.41) is 3.56. The van der Waals surface area contributed by atoms with E-state index in [1.807, 2.05) is 24.3 Å². The van der Waals surface area contributed by atoms with Crippen LogP contribution in [0, 0.1) is 0 Å². The van der Waals surface area contributed by atoms with E-state index in [2.05, 4.69) is 19.2 Å². The molecule has 0 unspecified atom stereocenters. The SMILES string of the molecule is CC(=O)N(CC(=O)Nc1cc(Cl)cc(Cl)c1)c1ccc(C(C)C)cc1. The third-order valence-corrected chi connectivity index (χ3v) is 4.14. The summed E-state index contributed by atoms with van der Waals surface area (Å²) in [6.07, 6.45) is 0. The number of benzene rings is 2. The fourth-order valence-electron chi connectivity index (χ4n) is 2.39. The van der Waals surface area contributed by atoms with Crippen molar-refractivity contribution in [2.45, 2.75) is 26.7 Å². The van der Waals surface area contributed by atoms with Crippen molar-refractivity contribution >= 4 is 46.4 Å². The Morgan fingerprint density at radius 3 is 2.08 bits per heavy atom. The van der Waals surface area contributed by atoms with Gasteiger partial charge in [-0.3, -0.25) is 9.59 Å². The van der Waals surface area contributed by atoms with Crippen molar-refractivity contribution in [3.63, 3.8) is 0 Å². The molecule has 0 aliphatic heterocycles. The largest absolute Gasteiger partial charge is 0.324 e. The maximum Gasteiger partial charge on any atom is 0.244 e. The van der Waals surface area contributed by atoms with Gasteiger partial charge in [0.1, 0.15) is 6.54 Å². The van der Waals surface area contributed by atoms with Gasteiger partial charge in [-0.05, 0) is 41.8 Å². The molecule has 2 aromatic rings. The van der Waals surface area contributed by atoms with Crippen LogP contribution in [0.25, 0.3) is 0 Å². The number of halogens is 2. The van der Waals surface area contributed by atoms with Gasteiger partial charge < -0.3 is 10.2 Å². The zero-order valence-electron chi connectivity index (χ0n) is 14.3. The lowest BCUT2D eigenvalue weighted by atomic mass is 10.0. The molecule has 0 atom stereocenters. The molecule has 1 N–H and O–H groups in total. The number of nitrogens with one attached hydrogen (secondary N) is 1. The van der Waals surface area contributed by atoms with E-state index in [1.54, 1.807) is 18.2 Å². The first-order chi connectivity index (χ1) is 11.8. The monoisotopic (exact) mass is 378 g/mol. The highest BCUT2D eigenvalue weighted by atomic mass is 35.5. The Kier molecular flexibility index (Phi) is 6.45. The minimum absolute atomic E-state index is 0.0967. The molecule has 4 nitrogen and oxygen atoms in total. The molecule has 0 spiro atoms. The lowest BCUT2D eigenvalue weighted by Gasteiger charge is -2.21. The van der Waals surface area contributed by atoms with Crippen LogP contribution in [0.5, 0.6) is 0 Å². The van der Waals surface area contributed by atoms with Crippen LogP contribution in [0.1, 0.15) is 32.3 Å². The zero-order valence-corrected chi connectivity index (χ0v) is 15.9. The van der Waals surface area contributed by atoms with Gasteiger partial charge in [0, 0.05) is 28.3 Å². The fraction of sp³-hybridized carbons (Fsp3) is 0.263. The Balaban J connectivity index is 2.12. The van der Waals surface area contributed by atoms with Crippen molar-refractivity contribution in [1.29, 1.82) is 0 Å². The van der Waals surface area contributed by atoms with E-state index in [9.17, 15) is 9.59 Å². The van der Waals surface area contributed by atoms with Crippen LogP contribution < -0.4 is 10.2 Å². The molecule has 0 heterocycles. The summed E-state index contributed by atoms with van der Waals surface area (Å²) in [6, 6.07) is 12.4. The molecule has 0 aliphatic carbocycles. The Bertz CT molecular complexity index is 753. The van der Waals surface area contributed by atoms with Gasteiger partial charge in [-0.1, -0.05) is 49.2 Å². The predicted molar refractivity (Wildman–Crippen MR) is 104 cm³/mol. The van der Waals surface area contributed by atoms with Gasteiger partial charge in [-0.15, -0.1) is 0 Å². The molecule has 0 bridgehead atoms. The molecule has 0 radical (unpaired) electrons. The quantitative estimate of drug-likeness (QED) is 0.785. The lowest BCUT2D eigenvalue weighted by molar-refractivity contribution is -0.120. The summed E-state index contributed by atoms with van der Waals surface area (Å²) in [5.41, 5.74) is 2.34. The first-order valence-corrected chi connectivity index (χ1v) is 8.66. The molecule has 0 saturated carbocycles. The van der Waals surface area contributed by atoms with Crippen LogP contribution in [0.2, 0.25) is 10.0 Å². The minimum atomic E-state index is -0.332. The second-order valence-electron chi connectivity index (χ2n) is 6.06. The molecule has 25 heavy (non-hydrogen) atoms. The van der Waals surface area contributed by atoms with E-state index in [0.717, 1.165) is 0 Å². The van der Waals surface area contributed by atoms with Crippen molar-refractivity contribution < 1.29 is 9.59 Å². The second-order valence-corrected chi connectivity index (χ2v) is 6.93. The van der Waals surface area contributed by atoms with Crippen molar-refractivity contribution in [2.24, 2.45) is 0 Å². The third-order valence-electron chi connectivity index (χ3n) is 3.70. The molecule has 2 rings (SSSR count). The van der Waals surface area contributed by atoms with E-state index in [1.165, 1.54) is 17.4 Å². The van der Waals surface area contributed by atoms with Crippen LogP contribution in [0.4, 0.5) is 11.4 Å². The van der Waals surface area contributed by atoms with Gasteiger partial charge in [-0.25, -0.2) is 0 Å². The first-order valence-electron chi connectivity index (χ1n) is 7.90. The Hall–Kier alpha value is -2.04. The van der Waals surface area contributed by atoms with Crippen LogP contribution in [-0.2, 0) is 9.59 Å². The van der Waals surface area contributed by atoms with E-state index >= 15 is 0 Å². The fourth-order valence-corrected chi connectivity index (χ4v) is 2.92. The normalized spacial score (nSPS) is 10.6. The summed E-state index contributed by atoms with van der Waals surface area (Å²) < 4.78 is 0. The lowest BCUT2D eigenvalue weighted by Crippen LogP contribution is -2.36. The maximum absolute atomic E-state index is 12.3. The number of anilines is 2. The van der Waals surface area contributed by atoms with E-state index in [4.69, 9.17) is 23.2 Å². The second kappa shape index (κ2) is 8.37. The summed E-state index contributed by atoms with van der Waals surface area (Å²) in [5.74, 6) is -0.145. The number of carbonyl (C=O) groups excluding carboxylic acids is 2. The van der Waals surface area contributed by atoms with Gasteiger partial charge in [0.25, 0.3) is 0 Å². The molecule has 2 amide bonds. The maximum atomic E-state index is 12.3. The summed E-state index contributed by atoms with van der Waals surface area (Å²) in [6.45, 7) is 5.53. The smallest absolute Gasteiger partial charge is 0.244 e. The highest BCUT2D eigenvalue weighted by molar-refractivity contribution is 6.35. The minimum Gasteiger partial charge on any atom is -0.324 e. The van der Waals surface area contributed by atoms with Crippen LogP contribution >= 0.6 is 23.2 Å². The Morgan fingerprint density at radius 2 is 1.60 bits per heavy atom. The summed E-state index contributed by atoms with van der Waals surface area (Å²) in [7, 11) is 0. The first kappa shape index (κ1) is 19.3. The van der Waals surface area contributed by atoms with E-state index in [-0.39, 0.29) is 18.4 Å². The summed E-state index contributed by atoms with van der Waals surface area (Å²) >= 11 is 11.9. The number of hydrogen-bond donors (Lipinski definition) is 1. The third kappa shape index (κ3) is 5.48. The zero-order chi connectivity index (χ0) is 18.6. The standard InChI is InChI=1S/C19H20Cl2N2O2/c1-12(2)14-4-6-18(7-5-14)23(13(3)24)11-19(25)22-17-9-15(20)8-16(21)10-17/h4-10,12H,11H2,1-3H3,(H,22,25). The number of nitrogens with zero attached hydrogens (tertiary/aromatic N) is 1. The van der Waals surface area contributed by atoms with Crippen LogP contribution in [-0.4, -0.2) is 18.4 Å². The molecule has 0 saturated heterocycles. The molecule has 2 aromatic carbocycles. The van der Waals surface area contributed by atoms with E-state index < -0.39 is 0 Å². The highest BCUT2D eigenvalue weighted by Crippen LogP contribution is 2.23. The van der Waals surface area contributed by atoms with Gasteiger partial charge in [0.05, 0.1) is 0 Å². The average Bonchev–Trinajstić information content (AvgIpc) is 2.51. The topological polar surface area (TPSA) is 49.4 Å². The van der Waals surface area contributed by atoms with Gasteiger partial charge in [0.15, 0.2) is 0 Å². The van der Waals surface area contributed by atoms with Crippen molar-refractivity contribution in [3.8, 4) is 0 Å². The molecule has 0 aliphatic rings. The van der Waals surface area contributed by atoms with E-state index in [0.29, 0.717) is 27.3 Å². The summed E-state index contributed by atoms with van der Waals surface area (Å²) in [4.78, 5) is 25.7. The van der Waals surface area contributed by atoms with Crippen molar-refractivity contribution in [3.05, 3.63) is 58.1 Å². The molecule has 6 heteroatoms. The van der Waals surface area contributed by atoms with Crippen LogP contribution in [0.3, 0.4) is 0 Å². The highest BCUT2D eigenvalue weighted by Gasteiger charge is 2.16. The van der Waals surface area contributed by atoms with Crippen molar-refractivity contribution in [2.75, 3.05) is 16.8 Å². The number of hydrogen-bond acceptors (Lipinski definition) is 2. The number of rotatable bonds is 5. The Labute approximate surface area is 157 Å². The van der Waals surface area contributed by atoms with Gasteiger partial charge in [-0.2, -0.15) is 0 Å². The molecule has 132 valence electrons. The number of amides is 2.